The van der Waals surface area contributed by atoms with Crippen LogP contribution in [0.2, 0.25) is 0 Å². The molecule has 0 spiro atoms. The Balaban J connectivity index is 1.91. The molecule has 2 N–H and O–H groups in total. The molecular formula is C19H23N3O4S. The van der Waals surface area contributed by atoms with Crippen LogP contribution in [-0.2, 0) is 16.0 Å². The second-order valence-electron chi connectivity index (χ2n) is 6.12. The van der Waals surface area contributed by atoms with Crippen LogP contribution in [0.3, 0.4) is 0 Å². The van der Waals surface area contributed by atoms with Gasteiger partial charge in [-0.05, 0) is 32.3 Å². The summed E-state index contributed by atoms with van der Waals surface area (Å²) in [6, 6.07) is 10.1. The topological polar surface area (TPSA) is 101 Å². The molecule has 0 fully saturated rings. The first-order chi connectivity index (χ1) is 12.9. The first kappa shape index (κ1) is 20.7. The summed E-state index contributed by atoms with van der Waals surface area (Å²) in [7, 11) is 1.25. The van der Waals surface area contributed by atoms with Crippen LogP contribution in [0.15, 0.2) is 40.2 Å². The molecule has 0 radical (unpaired) electrons. The summed E-state index contributed by atoms with van der Waals surface area (Å²) in [5.41, 5.74) is 1.19. The summed E-state index contributed by atoms with van der Waals surface area (Å²) in [6.07, 6.45) is 1.69. The second-order valence-corrected chi connectivity index (χ2v) is 7.08. The number of nitrogens with one attached hydrogen (secondary N) is 2. The number of amides is 1. The van der Waals surface area contributed by atoms with Gasteiger partial charge in [0.1, 0.15) is 10.6 Å². The number of ether oxygens (including phenoxy) is 1. The van der Waals surface area contributed by atoms with Crippen molar-refractivity contribution in [1.82, 2.24) is 15.3 Å². The molecule has 0 saturated heterocycles. The molecule has 0 unspecified atom stereocenters. The van der Waals surface area contributed by atoms with Crippen molar-refractivity contribution >= 4 is 23.6 Å². The predicted molar refractivity (Wildman–Crippen MR) is 104 cm³/mol. The highest BCUT2D eigenvalue weighted by Gasteiger charge is 2.19. The molecule has 1 aromatic heterocycles. The zero-order chi connectivity index (χ0) is 19.8. The fourth-order valence-electron chi connectivity index (χ4n) is 2.56. The third-order valence-electron chi connectivity index (χ3n) is 3.93. The number of esters is 1. The highest BCUT2D eigenvalue weighted by molar-refractivity contribution is 8.00. The van der Waals surface area contributed by atoms with E-state index in [0.717, 1.165) is 24.6 Å². The maximum Gasteiger partial charge on any atom is 0.346 e. The molecule has 0 saturated carbocycles. The molecule has 1 aromatic carbocycles. The number of rotatable bonds is 8. The van der Waals surface area contributed by atoms with Crippen molar-refractivity contribution in [2.45, 2.75) is 37.8 Å². The number of aromatic nitrogens is 2. The van der Waals surface area contributed by atoms with E-state index in [-0.39, 0.29) is 28.3 Å². The van der Waals surface area contributed by atoms with Crippen LogP contribution in [0.1, 0.15) is 35.0 Å². The normalized spacial score (nSPS) is 11.7. The zero-order valence-corrected chi connectivity index (χ0v) is 16.4. The first-order valence-corrected chi connectivity index (χ1v) is 9.54. The number of aromatic amines is 1. The molecule has 2 rings (SSSR count). The van der Waals surface area contributed by atoms with Gasteiger partial charge in [0.2, 0.25) is 5.91 Å². The van der Waals surface area contributed by atoms with Crippen molar-refractivity contribution in [2.75, 3.05) is 12.9 Å². The average molecular weight is 389 g/mol. The maximum absolute atomic E-state index is 12.2. The van der Waals surface area contributed by atoms with Crippen molar-refractivity contribution in [3.05, 3.63) is 57.6 Å². The van der Waals surface area contributed by atoms with Crippen LogP contribution in [-0.4, -0.2) is 40.7 Å². The number of carbonyl (C=O) groups excluding carboxylic acids is 2. The molecule has 0 aliphatic rings. The Morgan fingerprint density at radius 3 is 2.67 bits per heavy atom. The predicted octanol–water partition coefficient (Wildman–Crippen LogP) is 2.09. The van der Waals surface area contributed by atoms with Crippen molar-refractivity contribution in [2.24, 2.45) is 0 Å². The van der Waals surface area contributed by atoms with Crippen LogP contribution in [0.5, 0.6) is 0 Å². The summed E-state index contributed by atoms with van der Waals surface area (Å²) >= 11 is 1.04. The van der Waals surface area contributed by atoms with E-state index >= 15 is 0 Å². The van der Waals surface area contributed by atoms with Gasteiger partial charge in [-0.1, -0.05) is 42.1 Å². The van der Waals surface area contributed by atoms with Crippen LogP contribution >= 0.6 is 11.8 Å². The zero-order valence-electron chi connectivity index (χ0n) is 15.6. The number of hydrogen-bond acceptors (Lipinski definition) is 6. The van der Waals surface area contributed by atoms with Gasteiger partial charge in [-0.15, -0.1) is 0 Å². The quantitative estimate of drug-likeness (QED) is 0.407. The Hall–Kier alpha value is -2.61. The van der Waals surface area contributed by atoms with Gasteiger partial charge in [-0.25, -0.2) is 9.59 Å². The Labute approximate surface area is 161 Å². The molecule has 0 bridgehead atoms. The Morgan fingerprint density at radius 1 is 1.30 bits per heavy atom. The number of carbonyl (C=O) groups is 2. The molecule has 1 atom stereocenters. The molecule has 144 valence electrons. The van der Waals surface area contributed by atoms with Crippen LogP contribution in [0, 0.1) is 6.92 Å². The lowest BCUT2D eigenvalue weighted by atomic mass is 10.1. The molecule has 0 aliphatic heterocycles. The van der Waals surface area contributed by atoms with Crippen molar-refractivity contribution in [3.63, 3.8) is 0 Å². The lowest BCUT2D eigenvalue weighted by Crippen LogP contribution is -2.34. The summed E-state index contributed by atoms with van der Waals surface area (Å²) in [4.78, 5) is 42.0. The first-order valence-electron chi connectivity index (χ1n) is 8.56. The van der Waals surface area contributed by atoms with E-state index in [9.17, 15) is 14.4 Å². The van der Waals surface area contributed by atoms with E-state index in [0.29, 0.717) is 5.69 Å². The Kier molecular flexibility index (Phi) is 7.60. The number of thioether (sulfide) groups is 1. The average Bonchev–Trinajstić information content (AvgIpc) is 2.64. The maximum atomic E-state index is 12.2. The summed E-state index contributed by atoms with van der Waals surface area (Å²) in [6.45, 7) is 3.53. The summed E-state index contributed by atoms with van der Waals surface area (Å²) < 4.78 is 4.73. The highest BCUT2D eigenvalue weighted by Crippen LogP contribution is 2.21. The lowest BCUT2D eigenvalue weighted by Gasteiger charge is -2.14. The van der Waals surface area contributed by atoms with Gasteiger partial charge < -0.3 is 15.0 Å². The van der Waals surface area contributed by atoms with E-state index in [4.69, 9.17) is 4.74 Å². The van der Waals surface area contributed by atoms with Gasteiger partial charge in [0, 0.05) is 11.7 Å². The standard InChI is InChI=1S/C19H23N3O4S/c1-12(9-10-14-7-5-4-6-8-14)20-15(23)11-27-17-16(18(24)26-3)13(2)21-19(25)22-17/h4-8,12H,9-11H2,1-3H3,(H,20,23)(H,21,22,25)/t12-/m0/s1. The second kappa shape index (κ2) is 9.91. The number of nitrogens with zero attached hydrogens (tertiary/aromatic N) is 1. The third-order valence-corrected chi connectivity index (χ3v) is 4.91. The molecule has 7 nitrogen and oxygen atoms in total. The third kappa shape index (κ3) is 6.25. The lowest BCUT2D eigenvalue weighted by molar-refractivity contribution is -0.119. The number of hydrogen-bond donors (Lipinski definition) is 2. The SMILES string of the molecule is COC(=O)c1c(SCC(=O)N[C@@H](C)CCc2ccccc2)nc(=O)[nH]c1C. The number of benzene rings is 1. The Morgan fingerprint density at radius 2 is 2.00 bits per heavy atom. The summed E-state index contributed by atoms with van der Waals surface area (Å²) in [5.74, 6) is -0.734. The monoisotopic (exact) mass is 389 g/mol. The van der Waals surface area contributed by atoms with E-state index < -0.39 is 11.7 Å². The number of H-pyrrole nitrogens is 1. The van der Waals surface area contributed by atoms with Crippen LogP contribution < -0.4 is 11.0 Å². The minimum atomic E-state index is -0.601. The van der Waals surface area contributed by atoms with Crippen LogP contribution in [0.25, 0.3) is 0 Å². The van der Waals surface area contributed by atoms with Crippen molar-refractivity contribution in [1.29, 1.82) is 0 Å². The summed E-state index contributed by atoms with van der Waals surface area (Å²) in [5, 5.41) is 3.11. The Bertz CT molecular complexity index is 852. The van der Waals surface area contributed by atoms with Gasteiger partial charge in [0.05, 0.1) is 12.9 Å². The fourth-order valence-corrected chi connectivity index (χ4v) is 3.44. The van der Waals surface area contributed by atoms with Gasteiger partial charge in [0.15, 0.2) is 0 Å². The van der Waals surface area contributed by atoms with E-state index in [1.54, 1.807) is 6.92 Å². The van der Waals surface area contributed by atoms with Gasteiger partial charge >= 0.3 is 11.7 Å². The molecule has 1 heterocycles. The molecular weight excluding hydrogens is 366 g/mol. The molecule has 2 aromatic rings. The van der Waals surface area contributed by atoms with E-state index in [2.05, 4.69) is 27.4 Å². The molecule has 8 heteroatoms. The van der Waals surface area contributed by atoms with Gasteiger partial charge in [-0.3, -0.25) is 4.79 Å². The minimum Gasteiger partial charge on any atom is -0.465 e. The molecule has 27 heavy (non-hydrogen) atoms. The van der Waals surface area contributed by atoms with Crippen molar-refractivity contribution in [3.8, 4) is 0 Å². The number of aryl methyl sites for hydroxylation is 2. The van der Waals surface area contributed by atoms with Gasteiger partial charge in [0.25, 0.3) is 0 Å². The molecule has 1 amide bonds. The highest BCUT2D eigenvalue weighted by atomic mass is 32.2. The fraction of sp³-hybridized carbons (Fsp3) is 0.368. The van der Waals surface area contributed by atoms with E-state index in [1.165, 1.54) is 12.7 Å². The van der Waals surface area contributed by atoms with Crippen molar-refractivity contribution < 1.29 is 14.3 Å². The van der Waals surface area contributed by atoms with E-state index in [1.807, 2.05) is 25.1 Å². The number of methoxy groups -OCH3 is 1. The van der Waals surface area contributed by atoms with Gasteiger partial charge in [-0.2, -0.15) is 4.98 Å². The largest absolute Gasteiger partial charge is 0.465 e. The smallest absolute Gasteiger partial charge is 0.346 e. The molecule has 0 aliphatic carbocycles. The minimum absolute atomic E-state index is 0.00672. The van der Waals surface area contributed by atoms with Crippen LogP contribution in [0.4, 0.5) is 0 Å².